The molecule has 39 heavy (non-hydrogen) atoms. The van der Waals surface area contributed by atoms with Gasteiger partial charge in [0.2, 0.25) is 0 Å². The molecule has 4 aromatic rings. The Morgan fingerprint density at radius 1 is 0.692 bits per heavy atom. The zero-order chi connectivity index (χ0) is 27.5. The third-order valence-corrected chi connectivity index (χ3v) is 6.68. The van der Waals surface area contributed by atoms with Crippen molar-refractivity contribution >= 4 is 22.7 Å². The van der Waals surface area contributed by atoms with E-state index >= 15 is 0 Å². The van der Waals surface area contributed by atoms with Crippen LogP contribution >= 0.6 is 11.6 Å². The quantitative estimate of drug-likeness (QED) is 0.127. The molecule has 0 N–H and O–H groups in total. The monoisotopic (exact) mass is 541 g/mol. The molecule has 0 saturated carbocycles. The molecule has 4 rings (SSSR count). The van der Waals surface area contributed by atoms with E-state index in [9.17, 15) is 0 Å². The number of halogens is 1. The predicted molar refractivity (Wildman–Crippen MR) is 162 cm³/mol. The van der Waals surface area contributed by atoms with Gasteiger partial charge in [-0.15, -0.1) is 0 Å². The second-order valence-corrected chi connectivity index (χ2v) is 9.99. The highest BCUT2D eigenvalue weighted by molar-refractivity contribution is 6.30. The molecule has 0 aliphatic heterocycles. The summed E-state index contributed by atoms with van der Waals surface area (Å²) in [5.74, 6) is 1.68. The Morgan fingerprint density at radius 3 is 1.87 bits per heavy atom. The van der Waals surface area contributed by atoms with Gasteiger partial charge < -0.3 is 19.1 Å². The molecule has 0 aliphatic carbocycles. The molecule has 0 amide bonds. The average molecular weight is 542 g/mol. The molecule has 0 unspecified atom stereocenters. The van der Waals surface area contributed by atoms with Gasteiger partial charge in [-0.1, -0.05) is 78.3 Å². The number of hydrogen-bond donors (Lipinski definition) is 0. The number of benzene rings is 4. The minimum atomic E-state index is 0.575. The highest BCUT2D eigenvalue weighted by Gasteiger charge is 2.15. The van der Waals surface area contributed by atoms with E-state index in [2.05, 4.69) is 53.4 Å². The first-order valence-electron chi connectivity index (χ1n) is 13.2. The van der Waals surface area contributed by atoms with Gasteiger partial charge in [-0.05, 0) is 90.3 Å². The summed E-state index contributed by atoms with van der Waals surface area (Å²) >= 11 is 6.26. The molecule has 0 bridgehead atoms. The summed E-state index contributed by atoms with van der Waals surface area (Å²) in [4.78, 5) is 2.11. The fraction of sp³-hybridized carbons (Fsp3) is 0.235. The maximum absolute atomic E-state index is 6.26. The lowest BCUT2D eigenvalue weighted by Gasteiger charge is -2.19. The summed E-state index contributed by atoms with van der Waals surface area (Å²) in [6.07, 6.45) is 0.733. The van der Waals surface area contributed by atoms with Crippen LogP contribution in [0.1, 0.15) is 28.7 Å². The Hall–Kier alpha value is -3.57. The van der Waals surface area contributed by atoms with Crippen molar-refractivity contribution in [3.8, 4) is 11.5 Å². The summed E-state index contributed by atoms with van der Waals surface area (Å²) in [6, 6.07) is 34.9. The van der Waals surface area contributed by atoms with Crippen LogP contribution in [0, 0.1) is 0 Å². The molecular formula is C34H36ClNO3. The van der Waals surface area contributed by atoms with Gasteiger partial charge in [-0.2, -0.15) is 0 Å². The molecule has 0 radical (unpaired) electrons. The molecule has 0 saturated heterocycles. The van der Waals surface area contributed by atoms with Crippen molar-refractivity contribution in [1.29, 1.82) is 0 Å². The van der Waals surface area contributed by atoms with E-state index in [0.29, 0.717) is 24.8 Å². The Morgan fingerprint density at radius 2 is 1.28 bits per heavy atom. The second-order valence-electron chi connectivity index (χ2n) is 9.55. The highest BCUT2D eigenvalue weighted by Crippen LogP contribution is 2.36. The summed E-state index contributed by atoms with van der Waals surface area (Å²) in [5.41, 5.74) is 6.81. The minimum absolute atomic E-state index is 0.575. The SMILES string of the molecule is COc1ccc(/C(=C(\CCOCc2ccccc2)c2ccc(Cl)cc2)c2ccc(OCCN(C)C)cc2)cc1. The smallest absolute Gasteiger partial charge is 0.119 e. The van der Waals surface area contributed by atoms with Crippen molar-refractivity contribution in [1.82, 2.24) is 4.90 Å². The van der Waals surface area contributed by atoms with Crippen LogP contribution in [-0.4, -0.2) is 45.9 Å². The number of hydrogen-bond acceptors (Lipinski definition) is 4. The molecule has 0 aliphatic rings. The van der Waals surface area contributed by atoms with Crippen LogP contribution < -0.4 is 9.47 Å². The summed E-state index contributed by atoms with van der Waals surface area (Å²) < 4.78 is 17.5. The molecule has 202 valence electrons. The number of ether oxygens (including phenoxy) is 3. The van der Waals surface area contributed by atoms with E-state index in [1.54, 1.807) is 7.11 Å². The maximum Gasteiger partial charge on any atom is 0.119 e. The van der Waals surface area contributed by atoms with Crippen molar-refractivity contribution in [3.63, 3.8) is 0 Å². The molecule has 4 aromatic carbocycles. The fourth-order valence-electron chi connectivity index (χ4n) is 4.34. The lowest BCUT2D eigenvalue weighted by atomic mass is 9.88. The fourth-order valence-corrected chi connectivity index (χ4v) is 4.47. The van der Waals surface area contributed by atoms with Gasteiger partial charge >= 0.3 is 0 Å². The van der Waals surface area contributed by atoms with Gasteiger partial charge in [0.05, 0.1) is 20.3 Å². The van der Waals surface area contributed by atoms with Gasteiger partial charge in [-0.3, -0.25) is 0 Å². The molecule has 0 aromatic heterocycles. The van der Waals surface area contributed by atoms with Crippen LogP contribution in [0.15, 0.2) is 103 Å². The van der Waals surface area contributed by atoms with Crippen molar-refractivity contribution in [2.24, 2.45) is 0 Å². The van der Waals surface area contributed by atoms with E-state index < -0.39 is 0 Å². The van der Waals surface area contributed by atoms with Crippen LogP contribution in [0.3, 0.4) is 0 Å². The van der Waals surface area contributed by atoms with Crippen molar-refractivity contribution in [2.45, 2.75) is 13.0 Å². The molecule has 0 atom stereocenters. The average Bonchev–Trinajstić information content (AvgIpc) is 2.96. The largest absolute Gasteiger partial charge is 0.497 e. The van der Waals surface area contributed by atoms with Crippen molar-refractivity contribution in [2.75, 3.05) is 41.0 Å². The molecule has 5 heteroatoms. The van der Waals surface area contributed by atoms with E-state index in [-0.39, 0.29) is 0 Å². The zero-order valence-electron chi connectivity index (χ0n) is 22.9. The van der Waals surface area contributed by atoms with Gasteiger partial charge in [0, 0.05) is 11.6 Å². The molecule has 4 nitrogen and oxygen atoms in total. The zero-order valence-corrected chi connectivity index (χ0v) is 23.7. The second kappa shape index (κ2) is 14.5. The normalized spacial score (nSPS) is 11.8. The maximum atomic E-state index is 6.26. The number of likely N-dealkylation sites (N-methyl/N-ethyl adjacent to an activating group) is 1. The predicted octanol–water partition coefficient (Wildman–Crippen LogP) is 7.86. The number of nitrogens with zero attached hydrogens (tertiary/aromatic N) is 1. The van der Waals surface area contributed by atoms with Crippen LogP contribution in [0.2, 0.25) is 5.02 Å². The van der Waals surface area contributed by atoms with E-state index in [1.165, 1.54) is 5.57 Å². The summed E-state index contributed by atoms with van der Waals surface area (Å²) in [5, 5.41) is 0.712. The summed E-state index contributed by atoms with van der Waals surface area (Å²) in [7, 11) is 5.77. The summed E-state index contributed by atoms with van der Waals surface area (Å²) in [6.45, 7) is 2.66. The molecule has 0 fully saturated rings. The highest BCUT2D eigenvalue weighted by atomic mass is 35.5. The third-order valence-electron chi connectivity index (χ3n) is 6.43. The Bertz CT molecular complexity index is 1320. The van der Waals surface area contributed by atoms with E-state index in [4.69, 9.17) is 25.8 Å². The van der Waals surface area contributed by atoms with Gasteiger partial charge in [0.15, 0.2) is 0 Å². The van der Waals surface area contributed by atoms with Gasteiger partial charge in [0.1, 0.15) is 18.1 Å². The van der Waals surface area contributed by atoms with Crippen LogP contribution in [0.25, 0.3) is 11.1 Å². The number of methoxy groups -OCH3 is 1. The minimum Gasteiger partial charge on any atom is -0.497 e. The lowest BCUT2D eigenvalue weighted by molar-refractivity contribution is 0.126. The lowest BCUT2D eigenvalue weighted by Crippen LogP contribution is -2.19. The standard InChI is InChI=1S/C34H36ClNO3/c1-36(2)22-24-39-32-19-13-29(14-20-32)34(28-11-17-31(37-3)18-12-28)33(27-9-15-30(35)16-10-27)21-23-38-25-26-7-5-4-6-8-26/h4-20H,21-25H2,1-3H3/b34-33-. The van der Waals surface area contributed by atoms with Crippen LogP contribution in [0.5, 0.6) is 11.5 Å². The van der Waals surface area contributed by atoms with E-state index in [0.717, 1.165) is 52.3 Å². The Labute approximate surface area is 237 Å². The van der Waals surface area contributed by atoms with Crippen LogP contribution in [0.4, 0.5) is 0 Å². The third kappa shape index (κ3) is 8.46. The molecule has 0 heterocycles. The van der Waals surface area contributed by atoms with Crippen molar-refractivity contribution in [3.05, 3.63) is 130 Å². The first-order valence-corrected chi connectivity index (χ1v) is 13.5. The van der Waals surface area contributed by atoms with Gasteiger partial charge in [0.25, 0.3) is 0 Å². The molecular weight excluding hydrogens is 506 g/mol. The Balaban J connectivity index is 1.70. The van der Waals surface area contributed by atoms with Crippen LogP contribution in [-0.2, 0) is 11.3 Å². The first-order chi connectivity index (χ1) is 19.0. The van der Waals surface area contributed by atoms with Crippen molar-refractivity contribution < 1.29 is 14.2 Å². The van der Waals surface area contributed by atoms with E-state index in [1.807, 2.05) is 68.7 Å². The first kappa shape index (κ1) is 28.4. The number of rotatable bonds is 13. The topological polar surface area (TPSA) is 30.9 Å². The Kier molecular flexibility index (Phi) is 10.6. The van der Waals surface area contributed by atoms with Gasteiger partial charge in [-0.25, -0.2) is 0 Å². The molecule has 0 spiro atoms.